The Hall–Kier alpha value is -2.32. The first-order valence-corrected chi connectivity index (χ1v) is 7.30. The summed E-state index contributed by atoms with van der Waals surface area (Å²) in [5.41, 5.74) is 0.410. The van der Waals surface area contributed by atoms with Crippen molar-refractivity contribution >= 4 is 11.8 Å². The van der Waals surface area contributed by atoms with Gasteiger partial charge in [0.15, 0.2) is 6.04 Å². The van der Waals surface area contributed by atoms with Crippen LogP contribution < -0.4 is 5.32 Å². The molecular weight excluding hydrogens is 325 g/mol. The Kier molecular flexibility index (Phi) is 6.16. The highest BCUT2D eigenvalue weighted by atomic mass is 19.4. The third kappa shape index (κ3) is 4.36. The molecule has 1 aromatic rings. The fourth-order valence-electron chi connectivity index (χ4n) is 2.38. The molecule has 134 valence electrons. The van der Waals surface area contributed by atoms with E-state index in [9.17, 15) is 22.8 Å². The van der Waals surface area contributed by atoms with Gasteiger partial charge in [0.2, 0.25) is 11.8 Å². The summed E-state index contributed by atoms with van der Waals surface area (Å²) in [5, 5.41) is 5.93. The molecule has 6 nitrogen and oxygen atoms in total. The van der Waals surface area contributed by atoms with Crippen LogP contribution >= 0.6 is 0 Å². The zero-order chi connectivity index (χ0) is 18.7. The quantitative estimate of drug-likeness (QED) is 0.799. The highest BCUT2D eigenvalue weighted by molar-refractivity contribution is 5.91. The summed E-state index contributed by atoms with van der Waals surface area (Å²) in [6.07, 6.45) is -3.68. The molecular formula is C15H21F3N4O2. The average Bonchev–Trinajstić information content (AvgIpc) is 2.73. The maximum Gasteiger partial charge on any atom is 0.413 e. The molecule has 0 bridgehead atoms. The van der Waals surface area contributed by atoms with Gasteiger partial charge in [-0.2, -0.15) is 18.3 Å². The normalized spacial score (nSPS) is 12.6. The molecule has 1 unspecified atom stereocenters. The molecule has 1 aromatic heterocycles. The van der Waals surface area contributed by atoms with Crippen molar-refractivity contribution in [2.24, 2.45) is 7.05 Å². The van der Waals surface area contributed by atoms with E-state index in [0.717, 1.165) is 11.0 Å². The molecule has 0 aliphatic heterocycles. The lowest BCUT2D eigenvalue weighted by Gasteiger charge is -2.24. The molecule has 1 N–H and O–H groups in total. The molecule has 1 atom stereocenters. The number of nitrogens with one attached hydrogen (secondary N) is 1. The zero-order valence-electron chi connectivity index (χ0n) is 14.1. The SMILES string of the molecule is C=CC(=O)N(CC)CC(=O)NC(c1c(C)nn(C)c1C)C(F)(F)F. The van der Waals surface area contributed by atoms with Gasteiger partial charge in [-0.15, -0.1) is 0 Å². The molecule has 0 spiro atoms. The number of alkyl halides is 3. The second-order valence-electron chi connectivity index (χ2n) is 5.31. The Morgan fingerprint density at radius 3 is 2.38 bits per heavy atom. The van der Waals surface area contributed by atoms with Crippen molar-refractivity contribution in [1.29, 1.82) is 0 Å². The number of halogens is 3. The lowest BCUT2D eigenvalue weighted by Crippen LogP contribution is -2.45. The van der Waals surface area contributed by atoms with Crippen molar-refractivity contribution in [3.63, 3.8) is 0 Å². The number of carbonyl (C=O) groups is 2. The van der Waals surface area contributed by atoms with Gasteiger partial charge < -0.3 is 10.2 Å². The Labute approximate surface area is 138 Å². The fraction of sp³-hybridized carbons (Fsp3) is 0.533. The molecule has 9 heteroatoms. The van der Waals surface area contributed by atoms with Crippen LogP contribution in [0.2, 0.25) is 0 Å². The van der Waals surface area contributed by atoms with Crippen LogP contribution in [0.15, 0.2) is 12.7 Å². The molecule has 0 saturated heterocycles. The molecule has 0 aliphatic rings. The maximum atomic E-state index is 13.4. The smallest absolute Gasteiger partial charge is 0.339 e. The second-order valence-corrected chi connectivity index (χ2v) is 5.31. The number of amides is 2. The molecule has 0 saturated carbocycles. The molecule has 2 amide bonds. The number of aryl methyl sites for hydroxylation is 2. The van der Waals surface area contributed by atoms with E-state index in [4.69, 9.17) is 0 Å². The number of rotatable bonds is 6. The largest absolute Gasteiger partial charge is 0.413 e. The van der Waals surface area contributed by atoms with Crippen molar-refractivity contribution < 1.29 is 22.8 Å². The summed E-state index contributed by atoms with van der Waals surface area (Å²) in [6, 6.07) is -2.18. The standard InChI is InChI=1S/C15H21F3N4O2/c1-6-12(24)22(7-2)8-11(23)19-14(15(16,17)18)13-9(3)20-21(5)10(13)4/h6,14H,1,7-8H2,2-5H3,(H,19,23). The van der Waals surface area contributed by atoms with Gasteiger partial charge in [0.05, 0.1) is 12.2 Å². The summed E-state index contributed by atoms with van der Waals surface area (Å²) in [5.74, 6) is -1.43. The highest BCUT2D eigenvalue weighted by Gasteiger charge is 2.44. The molecule has 0 radical (unpaired) electrons. The Balaban J connectivity index is 3.06. The Bertz CT molecular complexity index is 637. The summed E-state index contributed by atoms with van der Waals surface area (Å²) >= 11 is 0. The summed E-state index contributed by atoms with van der Waals surface area (Å²) in [7, 11) is 1.53. The minimum atomic E-state index is -4.69. The predicted octanol–water partition coefficient (Wildman–Crippen LogP) is 1.79. The first-order chi connectivity index (χ1) is 11.0. The molecule has 24 heavy (non-hydrogen) atoms. The summed E-state index contributed by atoms with van der Waals surface area (Å²) in [4.78, 5) is 24.7. The van der Waals surface area contributed by atoms with Crippen LogP contribution in [0.25, 0.3) is 0 Å². The first kappa shape index (κ1) is 19.7. The van der Waals surface area contributed by atoms with Crippen LogP contribution in [0.5, 0.6) is 0 Å². The third-order valence-electron chi connectivity index (χ3n) is 3.69. The molecule has 1 rings (SSSR count). The topological polar surface area (TPSA) is 67.2 Å². The van der Waals surface area contributed by atoms with Crippen molar-refractivity contribution in [2.75, 3.05) is 13.1 Å². The lowest BCUT2D eigenvalue weighted by atomic mass is 10.0. The Morgan fingerprint density at radius 1 is 1.42 bits per heavy atom. The third-order valence-corrected chi connectivity index (χ3v) is 3.69. The minimum Gasteiger partial charge on any atom is -0.339 e. The van der Waals surface area contributed by atoms with Crippen LogP contribution in [0, 0.1) is 13.8 Å². The summed E-state index contributed by atoms with van der Waals surface area (Å²) < 4.78 is 41.6. The van der Waals surface area contributed by atoms with Crippen LogP contribution in [0.1, 0.15) is 29.9 Å². The van der Waals surface area contributed by atoms with Crippen LogP contribution in [-0.2, 0) is 16.6 Å². The van der Waals surface area contributed by atoms with Gasteiger partial charge in [0, 0.05) is 24.8 Å². The van der Waals surface area contributed by atoms with E-state index < -0.39 is 30.6 Å². The number of hydrogen-bond donors (Lipinski definition) is 1. The van der Waals surface area contributed by atoms with Crippen molar-refractivity contribution in [2.45, 2.75) is 33.0 Å². The number of aromatic nitrogens is 2. The predicted molar refractivity (Wildman–Crippen MR) is 82.1 cm³/mol. The van der Waals surface area contributed by atoms with Gasteiger partial charge in [0.1, 0.15) is 0 Å². The van der Waals surface area contributed by atoms with Gasteiger partial charge in [-0.1, -0.05) is 6.58 Å². The highest BCUT2D eigenvalue weighted by Crippen LogP contribution is 2.35. The van der Waals surface area contributed by atoms with Gasteiger partial charge >= 0.3 is 6.18 Å². The second kappa shape index (κ2) is 7.50. The number of nitrogens with zero attached hydrogens (tertiary/aromatic N) is 3. The monoisotopic (exact) mass is 346 g/mol. The van der Waals surface area contributed by atoms with Gasteiger partial charge in [-0.3, -0.25) is 14.3 Å². The van der Waals surface area contributed by atoms with Crippen LogP contribution in [-0.4, -0.2) is 45.8 Å². The fourth-order valence-corrected chi connectivity index (χ4v) is 2.38. The van der Waals surface area contributed by atoms with Gasteiger partial charge in [-0.25, -0.2) is 0 Å². The minimum absolute atomic E-state index is 0.0866. The van der Waals surface area contributed by atoms with Crippen LogP contribution in [0.4, 0.5) is 13.2 Å². The van der Waals surface area contributed by atoms with Crippen molar-refractivity contribution in [3.05, 3.63) is 29.6 Å². The van der Waals surface area contributed by atoms with E-state index in [1.807, 2.05) is 5.32 Å². The van der Waals surface area contributed by atoms with Crippen LogP contribution in [0.3, 0.4) is 0 Å². The molecule has 0 aromatic carbocycles. The van der Waals surface area contributed by atoms with Crippen molar-refractivity contribution in [1.82, 2.24) is 20.0 Å². The molecule has 0 fully saturated rings. The average molecular weight is 346 g/mol. The van der Waals surface area contributed by atoms with E-state index in [2.05, 4.69) is 11.7 Å². The van der Waals surface area contributed by atoms with Crippen molar-refractivity contribution in [3.8, 4) is 0 Å². The Morgan fingerprint density at radius 2 is 2.00 bits per heavy atom. The van der Waals surface area contributed by atoms with Gasteiger partial charge in [-0.05, 0) is 26.8 Å². The number of carbonyl (C=O) groups excluding carboxylic acids is 2. The van der Waals surface area contributed by atoms with E-state index in [-0.39, 0.29) is 17.8 Å². The van der Waals surface area contributed by atoms with E-state index in [1.54, 1.807) is 6.92 Å². The number of likely N-dealkylation sites (N-methyl/N-ethyl adjacent to an activating group) is 1. The lowest BCUT2D eigenvalue weighted by molar-refractivity contribution is -0.164. The maximum absolute atomic E-state index is 13.4. The van der Waals surface area contributed by atoms with E-state index in [0.29, 0.717) is 5.69 Å². The summed E-state index contributed by atoms with van der Waals surface area (Å²) in [6.45, 7) is 7.56. The molecule has 0 aliphatic carbocycles. The number of hydrogen-bond acceptors (Lipinski definition) is 3. The first-order valence-electron chi connectivity index (χ1n) is 7.30. The zero-order valence-corrected chi connectivity index (χ0v) is 14.1. The van der Waals surface area contributed by atoms with E-state index >= 15 is 0 Å². The van der Waals surface area contributed by atoms with E-state index in [1.165, 1.54) is 25.6 Å². The molecule has 1 heterocycles. The van der Waals surface area contributed by atoms with Gasteiger partial charge in [0.25, 0.3) is 0 Å².